The van der Waals surface area contributed by atoms with Crippen LogP contribution in [0.25, 0.3) is 0 Å². The topological polar surface area (TPSA) is 68.9 Å². The maximum Gasteiger partial charge on any atom is 0.346 e. The van der Waals surface area contributed by atoms with Crippen molar-refractivity contribution in [2.75, 3.05) is 0 Å². The molecule has 1 N–H and O–H groups in total. The number of fused-ring (bicyclic) bond motifs is 1. The molecule has 140 valence electrons. The lowest BCUT2D eigenvalue weighted by Crippen LogP contribution is -2.35. The van der Waals surface area contributed by atoms with Gasteiger partial charge < -0.3 is 5.32 Å². The highest BCUT2D eigenvalue weighted by Crippen LogP contribution is 2.14. The Hall–Kier alpha value is -2.74. The van der Waals surface area contributed by atoms with Crippen molar-refractivity contribution in [3.63, 3.8) is 0 Å². The van der Waals surface area contributed by atoms with Crippen molar-refractivity contribution in [2.24, 2.45) is 0 Å². The molecule has 2 aromatic heterocycles. The van der Waals surface area contributed by atoms with E-state index in [0.717, 1.165) is 17.8 Å². The normalized spacial score (nSPS) is 16.6. The number of nitrogens with zero attached hydrogens (tertiary/aromatic N) is 3. The first kappa shape index (κ1) is 17.7. The van der Waals surface area contributed by atoms with Crippen molar-refractivity contribution in [1.82, 2.24) is 19.7 Å². The fourth-order valence-corrected chi connectivity index (χ4v) is 3.94. The number of carbonyl (C=O) groups is 1. The molecule has 27 heavy (non-hydrogen) atoms. The van der Waals surface area contributed by atoms with Crippen LogP contribution in [0.1, 0.15) is 34.6 Å². The van der Waals surface area contributed by atoms with Crippen LogP contribution >= 0.6 is 11.3 Å². The third-order valence-corrected chi connectivity index (χ3v) is 5.46. The average molecular weight is 386 g/mol. The average Bonchev–Trinajstić information content (AvgIpc) is 3.24. The van der Waals surface area contributed by atoms with Gasteiger partial charge in [0.15, 0.2) is 0 Å². The van der Waals surface area contributed by atoms with Crippen LogP contribution in [0.2, 0.25) is 0 Å². The van der Waals surface area contributed by atoms with Crippen LogP contribution in [0.15, 0.2) is 45.9 Å². The van der Waals surface area contributed by atoms with Gasteiger partial charge in [0.05, 0.1) is 6.54 Å². The van der Waals surface area contributed by atoms with Crippen LogP contribution in [0.5, 0.6) is 0 Å². The van der Waals surface area contributed by atoms with Crippen molar-refractivity contribution in [1.29, 1.82) is 0 Å². The van der Waals surface area contributed by atoms with E-state index in [1.807, 2.05) is 10.8 Å². The summed E-state index contributed by atoms with van der Waals surface area (Å²) in [5, 5.41) is 11.2. The number of aromatic nitrogens is 3. The Morgan fingerprint density at radius 1 is 1.26 bits per heavy atom. The van der Waals surface area contributed by atoms with Crippen LogP contribution in [-0.4, -0.2) is 26.3 Å². The van der Waals surface area contributed by atoms with E-state index in [0.29, 0.717) is 31.5 Å². The number of hydrogen-bond donors (Lipinski definition) is 1. The predicted molar refractivity (Wildman–Crippen MR) is 101 cm³/mol. The molecule has 6 nitrogen and oxygen atoms in total. The first-order valence-electron chi connectivity index (χ1n) is 8.84. The number of rotatable bonds is 4. The molecule has 1 unspecified atom stereocenters. The third-order valence-electron chi connectivity index (χ3n) is 4.78. The van der Waals surface area contributed by atoms with Gasteiger partial charge in [0.25, 0.3) is 5.91 Å². The van der Waals surface area contributed by atoms with E-state index in [9.17, 15) is 14.0 Å². The Morgan fingerprint density at radius 3 is 2.81 bits per heavy atom. The molecule has 8 heteroatoms. The highest BCUT2D eigenvalue weighted by Gasteiger charge is 2.22. The minimum Gasteiger partial charge on any atom is -0.349 e. The second-order valence-corrected chi connectivity index (χ2v) is 7.42. The van der Waals surface area contributed by atoms with Crippen molar-refractivity contribution in [2.45, 2.75) is 38.4 Å². The minimum absolute atomic E-state index is 0.0176. The summed E-state index contributed by atoms with van der Waals surface area (Å²) in [6.07, 6.45) is 2.05. The number of aryl methyl sites for hydroxylation is 1. The molecule has 3 heterocycles. The summed E-state index contributed by atoms with van der Waals surface area (Å²) < 4.78 is 16.1. The van der Waals surface area contributed by atoms with Gasteiger partial charge in [-0.15, -0.1) is 0 Å². The molecule has 0 fully saturated rings. The van der Waals surface area contributed by atoms with Gasteiger partial charge in [0.1, 0.15) is 11.6 Å². The fraction of sp³-hybridized carbons (Fsp3) is 0.316. The molecular weight excluding hydrogens is 367 g/mol. The van der Waals surface area contributed by atoms with Gasteiger partial charge in [-0.05, 0) is 42.0 Å². The van der Waals surface area contributed by atoms with Gasteiger partial charge >= 0.3 is 5.69 Å². The minimum atomic E-state index is -0.303. The molecular formula is C19H19FN4O2S. The molecule has 0 saturated heterocycles. The third kappa shape index (κ3) is 3.85. The predicted octanol–water partition coefficient (Wildman–Crippen LogP) is 2.43. The zero-order chi connectivity index (χ0) is 18.8. The summed E-state index contributed by atoms with van der Waals surface area (Å²) in [4.78, 5) is 24.9. The molecule has 0 spiro atoms. The molecule has 1 aliphatic rings. The van der Waals surface area contributed by atoms with Crippen molar-refractivity contribution in [3.05, 3.63) is 74.3 Å². The molecule has 4 rings (SSSR count). The van der Waals surface area contributed by atoms with Gasteiger partial charge in [-0.1, -0.05) is 12.1 Å². The first-order chi connectivity index (χ1) is 13.1. The van der Waals surface area contributed by atoms with Gasteiger partial charge in [0, 0.05) is 30.0 Å². The van der Waals surface area contributed by atoms with Crippen LogP contribution in [0.3, 0.4) is 0 Å². The number of halogens is 1. The monoisotopic (exact) mass is 386 g/mol. The number of nitrogens with one attached hydrogen (secondary N) is 1. The quantitative estimate of drug-likeness (QED) is 0.749. The van der Waals surface area contributed by atoms with Crippen molar-refractivity contribution >= 4 is 17.2 Å². The van der Waals surface area contributed by atoms with Gasteiger partial charge in [-0.2, -0.15) is 16.4 Å². The van der Waals surface area contributed by atoms with E-state index in [-0.39, 0.29) is 23.5 Å². The molecule has 1 amide bonds. The maximum absolute atomic E-state index is 13.0. The molecule has 1 aliphatic heterocycles. The molecule has 1 atom stereocenters. The van der Waals surface area contributed by atoms with Gasteiger partial charge in [-0.3, -0.25) is 9.36 Å². The van der Waals surface area contributed by atoms with E-state index in [1.165, 1.54) is 28.2 Å². The summed E-state index contributed by atoms with van der Waals surface area (Å²) in [7, 11) is 0. The zero-order valence-electron chi connectivity index (χ0n) is 14.6. The van der Waals surface area contributed by atoms with Crippen LogP contribution in [0.4, 0.5) is 4.39 Å². The Bertz CT molecular complexity index is 992. The number of hydrogen-bond acceptors (Lipinski definition) is 4. The SMILES string of the molecule is O=C(NC1CCc2nn(Cc3ccc(F)cc3)c(=O)n2CC1)c1ccsc1. The second-order valence-electron chi connectivity index (χ2n) is 6.64. The largest absolute Gasteiger partial charge is 0.349 e. The summed E-state index contributed by atoms with van der Waals surface area (Å²) in [6, 6.07) is 7.88. The van der Waals surface area contributed by atoms with Crippen LogP contribution < -0.4 is 11.0 Å². The van der Waals surface area contributed by atoms with Crippen molar-refractivity contribution < 1.29 is 9.18 Å². The molecule has 0 aliphatic carbocycles. The fourth-order valence-electron chi connectivity index (χ4n) is 3.30. The van der Waals surface area contributed by atoms with Gasteiger partial charge in [0.2, 0.25) is 0 Å². The number of amides is 1. The Kier molecular flexibility index (Phi) is 4.89. The number of carbonyl (C=O) groups excluding carboxylic acids is 1. The summed E-state index contributed by atoms with van der Waals surface area (Å²) in [6.45, 7) is 0.837. The standard InChI is InChI=1S/C19H19FN4O2S/c20-15-3-1-13(2-4-15)11-24-19(26)23-9-7-16(5-6-17(23)22-24)21-18(25)14-8-10-27-12-14/h1-4,8,10,12,16H,5-7,9,11H2,(H,21,25). The highest BCUT2D eigenvalue weighted by molar-refractivity contribution is 7.08. The molecule has 0 bridgehead atoms. The molecule has 0 saturated carbocycles. The summed E-state index contributed by atoms with van der Waals surface area (Å²) >= 11 is 1.49. The van der Waals surface area contributed by atoms with Crippen LogP contribution in [-0.2, 0) is 19.5 Å². The Labute approximate surface area is 159 Å². The Balaban J connectivity index is 1.44. The lowest BCUT2D eigenvalue weighted by Gasteiger charge is -2.15. The lowest BCUT2D eigenvalue weighted by atomic mass is 10.1. The van der Waals surface area contributed by atoms with Crippen molar-refractivity contribution in [3.8, 4) is 0 Å². The Morgan fingerprint density at radius 2 is 2.07 bits per heavy atom. The summed E-state index contributed by atoms with van der Waals surface area (Å²) in [5.41, 5.74) is 1.33. The van der Waals surface area contributed by atoms with Crippen LogP contribution in [0, 0.1) is 5.82 Å². The zero-order valence-corrected chi connectivity index (χ0v) is 15.4. The molecule has 0 radical (unpaired) electrons. The molecule has 1 aromatic carbocycles. The molecule has 3 aromatic rings. The van der Waals surface area contributed by atoms with E-state index in [4.69, 9.17) is 0 Å². The van der Waals surface area contributed by atoms with E-state index in [2.05, 4.69) is 10.4 Å². The summed E-state index contributed by atoms with van der Waals surface area (Å²) in [5.74, 6) is 0.353. The van der Waals surface area contributed by atoms with E-state index >= 15 is 0 Å². The maximum atomic E-state index is 13.0. The number of benzene rings is 1. The van der Waals surface area contributed by atoms with E-state index in [1.54, 1.807) is 22.8 Å². The smallest absolute Gasteiger partial charge is 0.346 e. The van der Waals surface area contributed by atoms with Gasteiger partial charge in [-0.25, -0.2) is 13.9 Å². The highest BCUT2D eigenvalue weighted by atomic mass is 32.1. The number of thiophene rings is 1. The lowest BCUT2D eigenvalue weighted by molar-refractivity contribution is 0.0933. The first-order valence-corrected chi connectivity index (χ1v) is 9.78. The van der Waals surface area contributed by atoms with E-state index < -0.39 is 0 Å². The second kappa shape index (κ2) is 7.48.